The monoisotopic (exact) mass is 255 g/mol. The Bertz CT molecular complexity index is 616. The van der Waals surface area contributed by atoms with Crippen molar-refractivity contribution in [2.24, 2.45) is 16.5 Å². The molecule has 1 aromatic heterocycles. The van der Waals surface area contributed by atoms with Gasteiger partial charge in [-0.3, -0.25) is 15.8 Å². The van der Waals surface area contributed by atoms with Crippen LogP contribution < -0.4 is 16.9 Å². The maximum Gasteiger partial charge on any atom is 0.204 e. The minimum Gasteiger partial charge on any atom is -0.382 e. The van der Waals surface area contributed by atoms with E-state index in [1.807, 2.05) is 60.3 Å². The summed E-state index contributed by atoms with van der Waals surface area (Å²) in [6, 6.07) is 13.9. The average Bonchev–Trinajstić information content (AvgIpc) is 2.87. The molecule has 0 aliphatic carbocycles. The highest BCUT2D eigenvalue weighted by Crippen LogP contribution is 2.28. The van der Waals surface area contributed by atoms with Crippen LogP contribution in [0.5, 0.6) is 0 Å². The van der Waals surface area contributed by atoms with Crippen LogP contribution in [-0.2, 0) is 0 Å². The third kappa shape index (κ3) is 1.88. The Balaban J connectivity index is 1.99. The Morgan fingerprint density at radius 1 is 1.21 bits per heavy atom. The van der Waals surface area contributed by atoms with Crippen molar-refractivity contribution in [2.45, 2.75) is 18.6 Å². The molecule has 3 rings (SSSR count). The molecule has 5 N–H and O–H groups in total. The molecule has 19 heavy (non-hydrogen) atoms. The molecule has 2 atom stereocenters. The second-order valence-corrected chi connectivity index (χ2v) is 4.83. The molecule has 0 amide bonds. The van der Waals surface area contributed by atoms with Crippen LogP contribution in [0.4, 0.5) is 0 Å². The molecule has 98 valence electrons. The lowest BCUT2D eigenvalue weighted by molar-refractivity contribution is 0.382. The fourth-order valence-electron chi connectivity index (χ4n) is 2.35. The average molecular weight is 255 g/mol. The van der Waals surface area contributed by atoms with Crippen molar-refractivity contribution in [3.63, 3.8) is 0 Å². The Morgan fingerprint density at radius 3 is 2.68 bits per heavy atom. The van der Waals surface area contributed by atoms with Gasteiger partial charge in [0.25, 0.3) is 0 Å². The lowest BCUT2D eigenvalue weighted by atomic mass is 9.94. The molecule has 1 aliphatic heterocycles. The van der Waals surface area contributed by atoms with E-state index in [9.17, 15) is 0 Å². The van der Waals surface area contributed by atoms with E-state index >= 15 is 0 Å². The molecular weight excluding hydrogens is 238 g/mol. The number of nitrogens with one attached hydrogen (secondary N) is 1. The topological polar surface area (TPSA) is 81.4 Å². The molecule has 5 nitrogen and oxygen atoms in total. The second-order valence-electron chi connectivity index (χ2n) is 4.83. The number of rotatable bonds is 2. The molecule has 1 unspecified atom stereocenters. The normalized spacial score (nSPS) is 23.2. The van der Waals surface area contributed by atoms with Gasteiger partial charge in [0.2, 0.25) is 5.79 Å². The number of aliphatic imine (C=N–C) groups is 1. The first-order chi connectivity index (χ1) is 9.10. The third-order valence-electron chi connectivity index (χ3n) is 3.58. The molecule has 5 heteroatoms. The van der Waals surface area contributed by atoms with Gasteiger partial charge in [-0.15, -0.1) is 0 Å². The zero-order valence-electron chi connectivity index (χ0n) is 10.7. The summed E-state index contributed by atoms with van der Waals surface area (Å²) in [6.07, 6.45) is 1.89. The molecule has 2 heterocycles. The lowest BCUT2D eigenvalue weighted by Crippen LogP contribution is -2.57. The molecule has 1 aromatic carbocycles. The molecule has 0 spiro atoms. The summed E-state index contributed by atoms with van der Waals surface area (Å²) in [7, 11) is 0. The van der Waals surface area contributed by atoms with Crippen LogP contribution in [0.1, 0.15) is 24.1 Å². The zero-order valence-corrected chi connectivity index (χ0v) is 10.7. The molecular formula is C14H17N5. The molecule has 0 fully saturated rings. The Kier molecular flexibility index (Phi) is 2.57. The van der Waals surface area contributed by atoms with Crippen LogP contribution in [0.2, 0.25) is 0 Å². The quantitative estimate of drug-likeness (QED) is 0.753. The van der Waals surface area contributed by atoms with Crippen molar-refractivity contribution in [1.29, 1.82) is 0 Å². The van der Waals surface area contributed by atoms with Gasteiger partial charge < -0.3 is 5.73 Å². The number of nitrogens with two attached hydrogens (primary N) is 2. The number of amidine groups is 1. The molecule has 0 saturated carbocycles. The smallest absolute Gasteiger partial charge is 0.204 e. The van der Waals surface area contributed by atoms with Crippen LogP contribution in [0.3, 0.4) is 0 Å². The van der Waals surface area contributed by atoms with E-state index in [4.69, 9.17) is 11.5 Å². The van der Waals surface area contributed by atoms with E-state index in [-0.39, 0.29) is 5.92 Å². The van der Waals surface area contributed by atoms with Gasteiger partial charge >= 0.3 is 0 Å². The van der Waals surface area contributed by atoms with Crippen molar-refractivity contribution in [1.82, 2.24) is 4.68 Å². The van der Waals surface area contributed by atoms with Gasteiger partial charge in [0, 0.05) is 12.1 Å². The predicted molar refractivity (Wildman–Crippen MR) is 76.3 cm³/mol. The molecule has 0 bridgehead atoms. The van der Waals surface area contributed by atoms with E-state index in [1.54, 1.807) is 0 Å². The van der Waals surface area contributed by atoms with Crippen LogP contribution in [0.15, 0.2) is 53.7 Å². The van der Waals surface area contributed by atoms with Gasteiger partial charge in [0.1, 0.15) is 11.5 Å². The van der Waals surface area contributed by atoms with Crippen LogP contribution in [0, 0.1) is 0 Å². The summed E-state index contributed by atoms with van der Waals surface area (Å²) >= 11 is 0. The minimum atomic E-state index is -0.947. The fourth-order valence-corrected chi connectivity index (χ4v) is 2.35. The zero-order chi connectivity index (χ0) is 13.5. The van der Waals surface area contributed by atoms with Crippen LogP contribution in [-0.4, -0.2) is 16.3 Å². The maximum atomic E-state index is 6.40. The van der Waals surface area contributed by atoms with E-state index in [2.05, 4.69) is 10.4 Å². The largest absolute Gasteiger partial charge is 0.382 e. The molecule has 0 saturated heterocycles. The number of hydrogen-bond donors (Lipinski definition) is 3. The van der Waals surface area contributed by atoms with Gasteiger partial charge in [-0.25, -0.2) is 4.99 Å². The van der Waals surface area contributed by atoms with Gasteiger partial charge in [-0.1, -0.05) is 37.3 Å². The predicted octanol–water partition coefficient (Wildman–Crippen LogP) is 1.17. The number of benzene rings is 1. The second kappa shape index (κ2) is 4.13. The highest BCUT2D eigenvalue weighted by molar-refractivity contribution is 5.97. The van der Waals surface area contributed by atoms with Gasteiger partial charge in [0.05, 0.1) is 0 Å². The number of fused-ring (bicyclic) bond motifs is 1. The van der Waals surface area contributed by atoms with E-state index in [1.165, 1.54) is 0 Å². The number of aromatic nitrogens is 1. The van der Waals surface area contributed by atoms with Gasteiger partial charge in [0.15, 0.2) is 0 Å². The van der Waals surface area contributed by atoms with Crippen molar-refractivity contribution < 1.29 is 0 Å². The molecule has 1 aliphatic rings. The summed E-state index contributed by atoms with van der Waals surface area (Å²) in [6.45, 7) is 2.04. The fraction of sp³-hybridized carbons (Fsp3) is 0.214. The summed E-state index contributed by atoms with van der Waals surface area (Å²) in [4.78, 5) is 4.44. The SMILES string of the molecule is C[C@@H](c1ccccc1)C1(N)N=C(N)c2cccn2N1. The first-order valence-corrected chi connectivity index (χ1v) is 6.25. The highest BCUT2D eigenvalue weighted by atomic mass is 15.5. The first-order valence-electron chi connectivity index (χ1n) is 6.25. The summed E-state index contributed by atoms with van der Waals surface area (Å²) < 4.78 is 1.82. The van der Waals surface area contributed by atoms with Crippen molar-refractivity contribution in [3.05, 3.63) is 59.9 Å². The molecule has 0 radical (unpaired) electrons. The van der Waals surface area contributed by atoms with Gasteiger partial charge in [-0.2, -0.15) is 0 Å². The summed E-state index contributed by atoms with van der Waals surface area (Å²) in [5.41, 5.74) is 17.5. The standard InChI is InChI=1S/C14H17N5/c1-10(11-6-3-2-4-7-11)14(16)17-13(15)12-8-5-9-19(12)18-14/h2-10,18H,16H2,1H3,(H2,15,17)/t10-,14?/m0/s1. The van der Waals surface area contributed by atoms with Crippen molar-refractivity contribution in [3.8, 4) is 0 Å². The number of hydrogen-bond acceptors (Lipinski definition) is 4. The molecule has 2 aromatic rings. The third-order valence-corrected chi connectivity index (χ3v) is 3.58. The van der Waals surface area contributed by atoms with Crippen LogP contribution in [0.25, 0.3) is 0 Å². The lowest BCUT2D eigenvalue weighted by Gasteiger charge is -2.37. The summed E-state index contributed by atoms with van der Waals surface area (Å²) in [5, 5.41) is 0. The van der Waals surface area contributed by atoms with E-state index < -0.39 is 5.79 Å². The Morgan fingerprint density at radius 2 is 1.95 bits per heavy atom. The van der Waals surface area contributed by atoms with Crippen molar-refractivity contribution in [2.75, 3.05) is 5.43 Å². The van der Waals surface area contributed by atoms with Gasteiger partial charge in [-0.05, 0) is 17.7 Å². The summed E-state index contributed by atoms with van der Waals surface area (Å²) in [5.74, 6) is -0.505. The Labute approximate surface area is 111 Å². The highest BCUT2D eigenvalue weighted by Gasteiger charge is 2.36. The van der Waals surface area contributed by atoms with E-state index in [0.717, 1.165) is 11.3 Å². The maximum absolute atomic E-state index is 6.40. The minimum absolute atomic E-state index is 0.0113. The Hall–Kier alpha value is -2.27. The van der Waals surface area contributed by atoms with Crippen molar-refractivity contribution >= 4 is 5.84 Å². The first kappa shape index (κ1) is 11.8. The van der Waals surface area contributed by atoms with E-state index in [0.29, 0.717) is 5.84 Å². The van der Waals surface area contributed by atoms with Crippen LogP contribution >= 0.6 is 0 Å². The number of nitrogens with zero attached hydrogens (tertiary/aromatic N) is 2.